The van der Waals surface area contributed by atoms with Gasteiger partial charge in [0.2, 0.25) is 10.0 Å². The Balaban J connectivity index is 1.88. The minimum Gasteiger partial charge on any atom is -0.378 e. The van der Waals surface area contributed by atoms with Gasteiger partial charge in [0, 0.05) is 18.2 Å². The highest BCUT2D eigenvalue weighted by molar-refractivity contribution is 7.89. The van der Waals surface area contributed by atoms with E-state index in [1.807, 2.05) is 0 Å². The number of amides is 1. The SMILES string of the molecule is CC1COCCN1S(=O)(=O)c1cccc(C(=O)Nc2c(F)cccc2F)c1. The van der Waals surface area contributed by atoms with Crippen LogP contribution in [0.1, 0.15) is 17.3 Å². The summed E-state index contributed by atoms with van der Waals surface area (Å²) in [7, 11) is -3.83. The van der Waals surface area contributed by atoms with Crippen LogP contribution in [0.2, 0.25) is 0 Å². The normalized spacial score (nSPS) is 18.3. The average molecular weight is 396 g/mol. The van der Waals surface area contributed by atoms with E-state index in [1.165, 1.54) is 34.6 Å². The predicted octanol–water partition coefficient (Wildman–Crippen LogP) is 2.63. The fourth-order valence-electron chi connectivity index (χ4n) is 2.81. The largest absolute Gasteiger partial charge is 0.378 e. The molecule has 1 N–H and O–H groups in total. The molecular weight excluding hydrogens is 378 g/mol. The van der Waals surface area contributed by atoms with Crippen molar-refractivity contribution in [1.82, 2.24) is 4.31 Å². The van der Waals surface area contributed by atoms with Crippen LogP contribution in [0.5, 0.6) is 0 Å². The fourth-order valence-corrected chi connectivity index (χ4v) is 4.45. The number of morpholine rings is 1. The van der Waals surface area contributed by atoms with Crippen LogP contribution in [0.3, 0.4) is 0 Å². The highest BCUT2D eigenvalue weighted by Crippen LogP contribution is 2.23. The van der Waals surface area contributed by atoms with Crippen molar-refractivity contribution in [2.45, 2.75) is 17.9 Å². The van der Waals surface area contributed by atoms with E-state index in [1.54, 1.807) is 6.92 Å². The molecule has 3 rings (SSSR count). The molecule has 1 atom stereocenters. The number of carbonyl (C=O) groups is 1. The van der Waals surface area contributed by atoms with Crippen molar-refractivity contribution < 1.29 is 26.7 Å². The minimum atomic E-state index is -3.83. The van der Waals surface area contributed by atoms with Crippen molar-refractivity contribution in [2.75, 3.05) is 25.1 Å². The zero-order valence-electron chi connectivity index (χ0n) is 14.5. The molecule has 1 fully saturated rings. The third kappa shape index (κ3) is 4.00. The molecule has 0 bridgehead atoms. The molecule has 6 nitrogen and oxygen atoms in total. The molecule has 1 aliphatic heterocycles. The van der Waals surface area contributed by atoms with Crippen LogP contribution in [-0.4, -0.2) is 44.4 Å². The summed E-state index contributed by atoms with van der Waals surface area (Å²) in [5, 5.41) is 2.14. The van der Waals surface area contributed by atoms with Crippen molar-refractivity contribution in [3.05, 3.63) is 59.7 Å². The number of nitrogens with zero attached hydrogens (tertiary/aromatic N) is 1. The summed E-state index contributed by atoms with van der Waals surface area (Å²) in [4.78, 5) is 12.3. The molecule has 2 aromatic rings. The zero-order chi connectivity index (χ0) is 19.6. The number of benzene rings is 2. The lowest BCUT2D eigenvalue weighted by molar-refractivity contribution is 0.0393. The molecule has 1 unspecified atom stereocenters. The monoisotopic (exact) mass is 396 g/mol. The molecule has 0 spiro atoms. The molecule has 1 amide bonds. The zero-order valence-corrected chi connectivity index (χ0v) is 15.3. The third-order valence-electron chi connectivity index (χ3n) is 4.21. The highest BCUT2D eigenvalue weighted by atomic mass is 32.2. The Hall–Kier alpha value is -2.36. The summed E-state index contributed by atoms with van der Waals surface area (Å²) >= 11 is 0. The van der Waals surface area contributed by atoms with Crippen LogP contribution in [0.25, 0.3) is 0 Å². The van der Waals surface area contributed by atoms with E-state index in [4.69, 9.17) is 4.74 Å². The number of nitrogens with one attached hydrogen (secondary N) is 1. The summed E-state index contributed by atoms with van der Waals surface area (Å²) in [5.74, 6) is -2.66. The molecular formula is C18H18F2N2O4S. The molecule has 1 aliphatic rings. The molecule has 2 aromatic carbocycles. The predicted molar refractivity (Wildman–Crippen MR) is 94.9 cm³/mol. The van der Waals surface area contributed by atoms with Gasteiger partial charge in [-0.1, -0.05) is 12.1 Å². The van der Waals surface area contributed by atoms with Gasteiger partial charge in [0.1, 0.15) is 17.3 Å². The summed E-state index contributed by atoms with van der Waals surface area (Å²) in [6, 6.07) is 8.20. The first kappa shape index (κ1) is 19.4. The van der Waals surface area contributed by atoms with Gasteiger partial charge in [0.05, 0.1) is 18.1 Å². The second kappa shape index (κ2) is 7.71. The first-order chi connectivity index (χ1) is 12.8. The lowest BCUT2D eigenvalue weighted by Crippen LogP contribution is -2.46. The van der Waals surface area contributed by atoms with Crippen molar-refractivity contribution in [3.8, 4) is 0 Å². The first-order valence-electron chi connectivity index (χ1n) is 8.25. The Kier molecular flexibility index (Phi) is 5.54. The number of anilines is 1. The second-order valence-electron chi connectivity index (χ2n) is 6.12. The number of hydrogen-bond acceptors (Lipinski definition) is 4. The standard InChI is InChI=1S/C18H18F2N2O4S/c1-12-11-26-9-8-22(12)27(24,25)14-5-2-4-13(10-14)18(23)21-17-15(19)6-3-7-16(17)20/h2-7,10,12H,8-9,11H2,1H3,(H,21,23). The number of rotatable bonds is 4. The molecule has 0 radical (unpaired) electrons. The molecule has 144 valence electrons. The Morgan fingerprint density at radius 2 is 1.85 bits per heavy atom. The maximum Gasteiger partial charge on any atom is 0.255 e. The van der Waals surface area contributed by atoms with Crippen molar-refractivity contribution >= 4 is 21.6 Å². The van der Waals surface area contributed by atoms with Gasteiger partial charge in [-0.05, 0) is 37.3 Å². The highest BCUT2D eigenvalue weighted by Gasteiger charge is 2.31. The summed E-state index contributed by atoms with van der Waals surface area (Å²) in [5.41, 5.74) is -0.614. The Labute approximate surface area is 155 Å². The Bertz CT molecular complexity index is 945. The maximum absolute atomic E-state index is 13.7. The van der Waals surface area contributed by atoms with Crippen LogP contribution in [-0.2, 0) is 14.8 Å². The summed E-state index contributed by atoms with van der Waals surface area (Å²) < 4.78 is 59.7. The van der Waals surface area contributed by atoms with Gasteiger partial charge in [-0.2, -0.15) is 4.31 Å². The Morgan fingerprint density at radius 1 is 1.19 bits per heavy atom. The van der Waals surface area contributed by atoms with E-state index in [9.17, 15) is 22.0 Å². The maximum atomic E-state index is 13.7. The van der Waals surface area contributed by atoms with Crippen molar-refractivity contribution in [2.24, 2.45) is 0 Å². The van der Waals surface area contributed by atoms with E-state index in [-0.39, 0.29) is 36.3 Å². The van der Waals surface area contributed by atoms with Crippen molar-refractivity contribution in [1.29, 1.82) is 0 Å². The average Bonchev–Trinajstić information content (AvgIpc) is 2.65. The number of carbonyl (C=O) groups excluding carboxylic acids is 1. The van der Waals surface area contributed by atoms with Gasteiger partial charge in [-0.3, -0.25) is 4.79 Å². The summed E-state index contributed by atoms with van der Waals surface area (Å²) in [6.45, 7) is 2.51. The van der Waals surface area contributed by atoms with E-state index in [2.05, 4.69) is 5.32 Å². The van der Waals surface area contributed by atoms with Gasteiger partial charge >= 0.3 is 0 Å². The molecule has 1 saturated heterocycles. The smallest absolute Gasteiger partial charge is 0.255 e. The summed E-state index contributed by atoms with van der Waals surface area (Å²) in [6.07, 6.45) is 0. The lowest BCUT2D eigenvalue weighted by atomic mass is 10.2. The number of sulfonamides is 1. The lowest BCUT2D eigenvalue weighted by Gasteiger charge is -2.32. The minimum absolute atomic E-state index is 0.0281. The molecule has 0 aromatic heterocycles. The molecule has 1 heterocycles. The number of ether oxygens (including phenoxy) is 1. The topological polar surface area (TPSA) is 75.7 Å². The quantitative estimate of drug-likeness (QED) is 0.862. The van der Waals surface area contributed by atoms with Gasteiger partial charge in [0.25, 0.3) is 5.91 Å². The molecule has 0 saturated carbocycles. The van der Waals surface area contributed by atoms with Crippen LogP contribution in [0.4, 0.5) is 14.5 Å². The van der Waals surface area contributed by atoms with Crippen molar-refractivity contribution in [3.63, 3.8) is 0 Å². The molecule has 0 aliphatic carbocycles. The molecule has 9 heteroatoms. The molecule has 27 heavy (non-hydrogen) atoms. The third-order valence-corrected chi connectivity index (χ3v) is 6.22. The van der Waals surface area contributed by atoms with Crippen LogP contribution in [0, 0.1) is 11.6 Å². The van der Waals surface area contributed by atoms with Gasteiger partial charge in [-0.25, -0.2) is 17.2 Å². The van der Waals surface area contributed by atoms with E-state index in [0.29, 0.717) is 0 Å². The van der Waals surface area contributed by atoms with Gasteiger partial charge in [0.15, 0.2) is 0 Å². The fraction of sp³-hybridized carbons (Fsp3) is 0.278. The van der Waals surface area contributed by atoms with E-state index < -0.39 is 33.3 Å². The van der Waals surface area contributed by atoms with E-state index in [0.717, 1.165) is 12.1 Å². The Morgan fingerprint density at radius 3 is 2.52 bits per heavy atom. The van der Waals surface area contributed by atoms with E-state index >= 15 is 0 Å². The number of hydrogen-bond donors (Lipinski definition) is 1. The number of para-hydroxylation sites is 1. The second-order valence-corrected chi connectivity index (χ2v) is 8.01. The van der Waals surface area contributed by atoms with Gasteiger partial charge in [-0.15, -0.1) is 0 Å². The van der Waals surface area contributed by atoms with Crippen LogP contribution >= 0.6 is 0 Å². The number of halogens is 2. The van der Waals surface area contributed by atoms with Crippen LogP contribution in [0.15, 0.2) is 47.4 Å². The first-order valence-corrected chi connectivity index (χ1v) is 9.69. The van der Waals surface area contributed by atoms with Gasteiger partial charge < -0.3 is 10.1 Å². The van der Waals surface area contributed by atoms with Crippen LogP contribution < -0.4 is 5.32 Å².